The fraction of sp³-hybridized carbons (Fsp3) is 0.833. The molecule has 0 saturated carbocycles. The Morgan fingerprint density at radius 3 is 2.39 bits per heavy atom. The zero-order chi connectivity index (χ0) is 13.9. The van der Waals surface area contributed by atoms with Crippen LogP contribution in [0.2, 0.25) is 0 Å². The summed E-state index contributed by atoms with van der Waals surface area (Å²) in [5, 5.41) is 10.6. The van der Waals surface area contributed by atoms with E-state index in [0.29, 0.717) is 0 Å². The van der Waals surface area contributed by atoms with E-state index in [4.69, 9.17) is 14.6 Å². The number of hydrogen-bond donors (Lipinski definition) is 2. The molecule has 18 heavy (non-hydrogen) atoms. The second-order valence-corrected chi connectivity index (χ2v) is 5.13. The van der Waals surface area contributed by atoms with Gasteiger partial charge in [-0.2, -0.15) is 0 Å². The highest BCUT2D eigenvalue weighted by Gasteiger charge is 2.47. The summed E-state index contributed by atoms with van der Waals surface area (Å²) >= 11 is 0. The molecule has 2 saturated heterocycles. The van der Waals surface area contributed by atoms with Gasteiger partial charge in [0.2, 0.25) is 0 Å². The molecule has 1 amide bonds. The van der Waals surface area contributed by atoms with Gasteiger partial charge in [0.1, 0.15) is 11.7 Å². The first-order valence-electron chi connectivity index (χ1n) is 6.16. The van der Waals surface area contributed by atoms with Gasteiger partial charge >= 0.3 is 0 Å². The van der Waals surface area contributed by atoms with Crippen molar-refractivity contribution in [3.63, 3.8) is 0 Å². The topological polar surface area (TPSA) is 78.9 Å². The smallest absolute Gasteiger partial charge is 0.300 e. The zero-order valence-corrected chi connectivity index (χ0v) is 11.4. The Morgan fingerprint density at radius 2 is 2.06 bits per heavy atom. The van der Waals surface area contributed by atoms with E-state index in [2.05, 4.69) is 19.2 Å². The molecule has 0 aromatic carbocycles. The quantitative estimate of drug-likeness (QED) is 0.696. The van der Waals surface area contributed by atoms with Crippen LogP contribution < -0.4 is 5.32 Å². The largest absolute Gasteiger partial charge is 0.481 e. The van der Waals surface area contributed by atoms with E-state index >= 15 is 0 Å². The number of ether oxygens (including phenoxy) is 1. The van der Waals surface area contributed by atoms with E-state index in [1.165, 1.54) is 0 Å². The van der Waals surface area contributed by atoms with Crippen molar-refractivity contribution < 1.29 is 19.4 Å². The van der Waals surface area contributed by atoms with Crippen molar-refractivity contribution in [2.24, 2.45) is 0 Å². The predicted molar refractivity (Wildman–Crippen MR) is 66.3 cm³/mol. The molecule has 2 aliphatic heterocycles. The van der Waals surface area contributed by atoms with Crippen molar-refractivity contribution in [3.8, 4) is 0 Å². The molecule has 0 aromatic heterocycles. The van der Waals surface area contributed by atoms with Gasteiger partial charge in [-0.05, 0) is 20.8 Å². The summed E-state index contributed by atoms with van der Waals surface area (Å²) in [5.74, 6) is -0.711. The summed E-state index contributed by atoms with van der Waals surface area (Å²) in [5.41, 5.74) is -0.0996. The minimum atomic E-state index is -0.833. The molecule has 6 heteroatoms. The molecule has 2 N–H and O–H groups in total. The van der Waals surface area contributed by atoms with Gasteiger partial charge in [-0.1, -0.05) is 0 Å². The highest BCUT2D eigenvalue weighted by atomic mass is 16.5. The molecule has 0 unspecified atom stereocenters. The molecule has 2 rings (SSSR count). The van der Waals surface area contributed by atoms with Gasteiger partial charge in [0.15, 0.2) is 0 Å². The molecule has 0 aromatic rings. The molecular weight excluding hydrogens is 236 g/mol. The molecular formula is C12H22N2O4. The molecule has 104 valence electrons. The first kappa shape index (κ1) is 14.9. The van der Waals surface area contributed by atoms with Gasteiger partial charge in [-0.15, -0.1) is 0 Å². The highest BCUT2D eigenvalue weighted by molar-refractivity contribution is 5.81. The molecule has 0 bridgehead atoms. The van der Waals surface area contributed by atoms with E-state index in [1.54, 1.807) is 0 Å². The van der Waals surface area contributed by atoms with Gasteiger partial charge in [0, 0.05) is 26.1 Å². The Labute approximate surface area is 107 Å². The van der Waals surface area contributed by atoms with Crippen LogP contribution in [-0.2, 0) is 14.3 Å². The highest BCUT2D eigenvalue weighted by Crippen LogP contribution is 2.27. The predicted octanol–water partition coefficient (Wildman–Crippen LogP) is 0.0750. The Balaban J connectivity index is 0.000000357. The van der Waals surface area contributed by atoms with Crippen LogP contribution in [0.25, 0.3) is 0 Å². The van der Waals surface area contributed by atoms with Crippen LogP contribution in [0, 0.1) is 0 Å². The number of aliphatic carboxylic acids is 1. The fourth-order valence-corrected chi connectivity index (χ4v) is 2.12. The lowest BCUT2D eigenvalue weighted by atomic mass is 9.92. The number of carbonyl (C=O) groups excluding carboxylic acids is 1. The monoisotopic (exact) mass is 258 g/mol. The van der Waals surface area contributed by atoms with Gasteiger partial charge in [-0.25, -0.2) is 0 Å². The number of nitrogens with zero attached hydrogens (tertiary/aromatic N) is 1. The molecule has 2 fully saturated rings. The maximum atomic E-state index is 11.8. The van der Waals surface area contributed by atoms with Gasteiger partial charge in [0.05, 0.1) is 6.54 Å². The first-order chi connectivity index (χ1) is 8.27. The molecule has 1 spiro atoms. The fourth-order valence-electron chi connectivity index (χ4n) is 2.12. The Bertz CT molecular complexity index is 322. The van der Waals surface area contributed by atoms with Gasteiger partial charge in [0.25, 0.3) is 11.9 Å². The van der Waals surface area contributed by atoms with Crippen LogP contribution in [0.15, 0.2) is 0 Å². The van der Waals surface area contributed by atoms with Crippen molar-refractivity contribution in [2.45, 2.75) is 45.4 Å². The van der Waals surface area contributed by atoms with Crippen molar-refractivity contribution >= 4 is 11.9 Å². The van der Waals surface area contributed by atoms with Crippen molar-refractivity contribution in [3.05, 3.63) is 0 Å². The summed E-state index contributed by atoms with van der Waals surface area (Å²) in [6.45, 7) is 9.50. The summed E-state index contributed by atoms with van der Waals surface area (Å²) < 4.78 is 5.75. The third-order valence-corrected chi connectivity index (χ3v) is 3.03. The lowest BCUT2D eigenvalue weighted by Gasteiger charge is -2.51. The SMILES string of the molecule is CC(=O)O.CC(C)N1CC2(CNC2)O[C@H](C)C1=O. The number of carboxylic acid groups (broad SMARTS) is 1. The van der Waals surface area contributed by atoms with Crippen molar-refractivity contribution in [1.29, 1.82) is 0 Å². The lowest BCUT2D eigenvalue weighted by molar-refractivity contribution is -0.193. The van der Waals surface area contributed by atoms with E-state index in [1.807, 2.05) is 11.8 Å². The average Bonchev–Trinajstić information content (AvgIpc) is 2.18. The third-order valence-electron chi connectivity index (χ3n) is 3.03. The third kappa shape index (κ3) is 3.43. The van der Waals surface area contributed by atoms with E-state index in [9.17, 15) is 4.79 Å². The molecule has 2 aliphatic rings. The van der Waals surface area contributed by atoms with Crippen LogP contribution in [0.4, 0.5) is 0 Å². The molecule has 6 nitrogen and oxygen atoms in total. The van der Waals surface area contributed by atoms with Crippen LogP contribution >= 0.6 is 0 Å². The first-order valence-corrected chi connectivity index (χ1v) is 6.16. The summed E-state index contributed by atoms with van der Waals surface area (Å²) in [7, 11) is 0. The number of carboxylic acids is 1. The summed E-state index contributed by atoms with van der Waals surface area (Å²) in [6, 6.07) is 0.270. The number of amides is 1. The molecule has 0 radical (unpaired) electrons. The average molecular weight is 258 g/mol. The second-order valence-electron chi connectivity index (χ2n) is 5.13. The number of nitrogens with one attached hydrogen (secondary N) is 1. The van der Waals surface area contributed by atoms with Crippen LogP contribution in [0.1, 0.15) is 27.7 Å². The normalized spacial score (nSPS) is 25.5. The molecule has 1 atom stereocenters. The number of carbonyl (C=O) groups is 2. The Hall–Kier alpha value is -1.14. The number of hydrogen-bond acceptors (Lipinski definition) is 4. The van der Waals surface area contributed by atoms with Gasteiger partial charge < -0.3 is 20.1 Å². The number of morpholine rings is 1. The maximum absolute atomic E-state index is 11.8. The van der Waals surface area contributed by atoms with E-state index < -0.39 is 5.97 Å². The van der Waals surface area contributed by atoms with Crippen molar-refractivity contribution in [1.82, 2.24) is 10.2 Å². The number of rotatable bonds is 1. The zero-order valence-electron chi connectivity index (χ0n) is 11.4. The Kier molecular flexibility index (Phi) is 4.70. The van der Waals surface area contributed by atoms with E-state index in [-0.39, 0.29) is 23.7 Å². The molecule has 0 aliphatic carbocycles. The maximum Gasteiger partial charge on any atom is 0.300 e. The molecule has 2 heterocycles. The minimum Gasteiger partial charge on any atom is -0.481 e. The van der Waals surface area contributed by atoms with Crippen LogP contribution in [-0.4, -0.2) is 59.3 Å². The minimum absolute atomic E-state index is 0.0996. The van der Waals surface area contributed by atoms with Crippen molar-refractivity contribution in [2.75, 3.05) is 19.6 Å². The second kappa shape index (κ2) is 5.67. The van der Waals surface area contributed by atoms with Crippen LogP contribution in [0.3, 0.4) is 0 Å². The summed E-state index contributed by atoms with van der Waals surface area (Å²) in [4.78, 5) is 22.7. The van der Waals surface area contributed by atoms with Crippen LogP contribution in [0.5, 0.6) is 0 Å². The lowest BCUT2D eigenvalue weighted by Crippen LogP contribution is -2.72. The standard InChI is InChI=1S/C10H18N2O2.C2H4O2/c1-7(2)12-6-10(4-11-5-10)14-8(3)9(12)13;1-2(3)4/h7-8,11H,4-6H2,1-3H3;1H3,(H,3,4)/t8-;/m1./s1. The van der Waals surface area contributed by atoms with Gasteiger partial charge in [-0.3, -0.25) is 9.59 Å². The summed E-state index contributed by atoms with van der Waals surface area (Å²) in [6.07, 6.45) is -0.284. The van der Waals surface area contributed by atoms with E-state index in [0.717, 1.165) is 26.6 Å². The Morgan fingerprint density at radius 1 is 1.56 bits per heavy atom.